The lowest BCUT2D eigenvalue weighted by Crippen LogP contribution is -2.37. The second-order valence-electron chi connectivity index (χ2n) is 26.3. The Bertz CT molecular complexity index is 2020. The van der Waals surface area contributed by atoms with Crippen molar-refractivity contribution < 1.29 is 42.1 Å². The summed E-state index contributed by atoms with van der Waals surface area (Å²) in [5.74, 6) is -0.882. The Kier molecular flexibility index (Phi) is 68.5. The monoisotopic (exact) mass is 1300 g/mol. The van der Waals surface area contributed by atoms with Gasteiger partial charge in [-0.05, 0) is 116 Å². The summed E-state index contributed by atoms with van der Waals surface area (Å²) >= 11 is 0. The van der Waals surface area contributed by atoms with Crippen LogP contribution in [0.25, 0.3) is 0 Å². The van der Waals surface area contributed by atoms with Crippen molar-refractivity contribution in [2.45, 2.75) is 328 Å². The molecule has 0 saturated carbocycles. The fourth-order valence-electron chi connectivity index (χ4n) is 10.4. The molecule has 10 heteroatoms. The summed E-state index contributed by atoms with van der Waals surface area (Å²) < 4.78 is 34.3. The van der Waals surface area contributed by atoms with E-state index in [1.165, 1.54) is 193 Å². The van der Waals surface area contributed by atoms with Crippen LogP contribution in [0.15, 0.2) is 134 Å². The Morgan fingerprint density at radius 1 is 0.348 bits per heavy atom. The first-order valence-corrected chi connectivity index (χ1v) is 39.4. The molecule has 0 spiro atoms. The maximum atomic E-state index is 12.8. The summed E-state index contributed by atoms with van der Waals surface area (Å²) in [7, 11) is 1.13. The molecular weight excluding hydrogens is 1160 g/mol. The molecule has 0 aliphatic rings. The van der Waals surface area contributed by atoms with Crippen LogP contribution in [0.2, 0.25) is 0 Å². The first kappa shape index (κ1) is 88.2. The number of nitrogens with zero attached hydrogens (tertiary/aromatic N) is 1. The molecule has 0 aliphatic carbocycles. The average Bonchev–Trinajstić information content (AvgIpc) is 2.14. The van der Waals surface area contributed by atoms with Crippen LogP contribution < -0.4 is 4.89 Å². The standard InChI is InChI=1S/C82H142NO8P/c1-6-8-10-12-14-16-18-20-22-24-26-28-30-32-34-35-36-37-38-39-40-41-42-43-44-45-46-47-49-50-52-54-56-58-60-62-64-66-68-70-72-74-81(84)88-78-80(79-90-92(86,87)89-77-76-83(3,4)5)91-82(85)75-73-71-69-67-65-63-61-59-57-55-53-51-48-33-31-29-27-25-23-21-19-17-15-13-11-9-7-2/h9,11,15,17-18,20-21,23-24,26-27,29-30,32-33,48,53,55,59,61,65,67,80H,6-8,10,12-14,16,19,22,25,28,31,34-47,49-52,54,56-58,60,62-64,66,68-79H2,1-5H3/b11-9-,17-15-,20-18-,23-21-,26-24-,29-27-,32-30-,48-33-,55-53-,61-59-,67-65-. The third-order valence-corrected chi connectivity index (χ3v) is 17.1. The van der Waals surface area contributed by atoms with Gasteiger partial charge < -0.3 is 27.9 Å². The zero-order valence-corrected chi connectivity index (χ0v) is 61.1. The molecule has 0 N–H and O–H groups in total. The summed E-state index contributed by atoms with van der Waals surface area (Å²) in [5, 5.41) is 0. The van der Waals surface area contributed by atoms with Crippen LogP contribution in [0, 0.1) is 0 Å². The fourth-order valence-corrected chi connectivity index (χ4v) is 11.1. The number of carbonyl (C=O) groups excluding carboxylic acids is 2. The molecule has 0 aromatic rings. The third-order valence-electron chi connectivity index (χ3n) is 16.2. The number of hydrogen-bond donors (Lipinski definition) is 0. The lowest BCUT2D eigenvalue weighted by molar-refractivity contribution is -0.870. The van der Waals surface area contributed by atoms with Crippen LogP contribution in [-0.2, 0) is 32.7 Å². The highest BCUT2D eigenvalue weighted by molar-refractivity contribution is 7.45. The molecule has 0 saturated heterocycles. The van der Waals surface area contributed by atoms with Crippen LogP contribution in [0.5, 0.6) is 0 Å². The van der Waals surface area contributed by atoms with E-state index < -0.39 is 32.5 Å². The van der Waals surface area contributed by atoms with Gasteiger partial charge in [-0.2, -0.15) is 0 Å². The van der Waals surface area contributed by atoms with E-state index in [-0.39, 0.29) is 26.1 Å². The molecule has 0 aliphatic heterocycles. The zero-order chi connectivity index (χ0) is 66.9. The molecule has 2 atom stereocenters. The van der Waals surface area contributed by atoms with Crippen molar-refractivity contribution in [1.29, 1.82) is 0 Å². The summed E-state index contributed by atoms with van der Waals surface area (Å²) in [6.07, 6.45) is 104. The minimum Gasteiger partial charge on any atom is -0.756 e. The Morgan fingerprint density at radius 2 is 0.620 bits per heavy atom. The fraction of sp³-hybridized carbons (Fsp3) is 0.707. The largest absolute Gasteiger partial charge is 0.756 e. The van der Waals surface area contributed by atoms with Crippen LogP contribution in [0.1, 0.15) is 322 Å². The second kappa shape index (κ2) is 71.4. The quantitative estimate of drug-likeness (QED) is 0.0195. The van der Waals surface area contributed by atoms with Gasteiger partial charge in [-0.1, -0.05) is 327 Å². The number of hydrogen-bond acceptors (Lipinski definition) is 8. The van der Waals surface area contributed by atoms with E-state index in [4.69, 9.17) is 18.5 Å². The van der Waals surface area contributed by atoms with Gasteiger partial charge in [-0.15, -0.1) is 0 Å². The summed E-state index contributed by atoms with van der Waals surface area (Å²) in [6.45, 7) is 4.08. The maximum absolute atomic E-state index is 12.8. The molecule has 92 heavy (non-hydrogen) atoms. The Labute approximate surface area is 568 Å². The molecule has 0 aromatic heterocycles. The predicted octanol–water partition coefficient (Wildman–Crippen LogP) is 24.5. The van der Waals surface area contributed by atoms with Crippen molar-refractivity contribution in [2.75, 3.05) is 47.5 Å². The van der Waals surface area contributed by atoms with E-state index in [0.717, 1.165) is 96.3 Å². The molecular formula is C82H142NO8P. The van der Waals surface area contributed by atoms with Gasteiger partial charge in [0.05, 0.1) is 27.7 Å². The Hall–Kier alpha value is -3.85. The zero-order valence-electron chi connectivity index (χ0n) is 60.2. The van der Waals surface area contributed by atoms with Crippen molar-refractivity contribution in [2.24, 2.45) is 0 Å². The van der Waals surface area contributed by atoms with Crippen molar-refractivity contribution in [3.8, 4) is 0 Å². The predicted molar refractivity (Wildman–Crippen MR) is 397 cm³/mol. The molecule has 9 nitrogen and oxygen atoms in total. The van der Waals surface area contributed by atoms with E-state index in [1.54, 1.807) is 0 Å². The first-order valence-electron chi connectivity index (χ1n) is 37.9. The minimum absolute atomic E-state index is 0.0448. The van der Waals surface area contributed by atoms with Crippen LogP contribution in [-0.4, -0.2) is 70.0 Å². The highest BCUT2D eigenvalue weighted by atomic mass is 31.2. The molecule has 0 amide bonds. The van der Waals surface area contributed by atoms with E-state index >= 15 is 0 Å². The van der Waals surface area contributed by atoms with Gasteiger partial charge in [0, 0.05) is 12.8 Å². The lowest BCUT2D eigenvalue weighted by Gasteiger charge is -2.28. The van der Waals surface area contributed by atoms with Gasteiger partial charge >= 0.3 is 11.9 Å². The molecule has 2 unspecified atom stereocenters. The van der Waals surface area contributed by atoms with Gasteiger partial charge in [-0.3, -0.25) is 14.2 Å². The lowest BCUT2D eigenvalue weighted by atomic mass is 10.0. The number of likely N-dealkylation sites (N-methyl/N-ethyl adjacent to an activating group) is 1. The van der Waals surface area contributed by atoms with Gasteiger partial charge in [0.1, 0.15) is 19.8 Å². The maximum Gasteiger partial charge on any atom is 0.306 e. The van der Waals surface area contributed by atoms with E-state index in [1.807, 2.05) is 21.1 Å². The molecule has 0 aromatic carbocycles. The van der Waals surface area contributed by atoms with Gasteiger partial charge in [0.15, 0.2) is 6.10 Å². The average molecular weight is 1300 g/mol. The summed E-state index contributed by atoms with van der Waals surface area (Å²) in [5.41, 5.74) is 0. The highest BCUT2D eigenvalue weighted by Crippen LogP contribution is 2.38. The number of quaternary nitrogens is 1. The summed E-state index contributed by atoms with van der Waals surface area (Å²) in [4.78, 5) is 38.1. The SMILES string of the molecule is CC/C=C\C/C=C\C/C=C\C/C=C\C/C=C\C/C=C\C/C=C\C/C=C\CCCCC(=O)OC(COC(=O)CCCCCCCCCCCCCCCCCCCCCCCCCCCC/C=C\C/C=C\C/C=C\CCCCCCC)COP(=O)([O-])OCC[N+](C)(C)C. The molecule has 0 radical (unpaired) electrons. The van der Waals surface area contributed by atoms with Crippen molar-refractivity contribution in [3.05, 3.63) is 134 Å². The van der Waals surface area contributed by atoms with Crippen LogP contribution >= 0.6 is 7.82 Å². The Morgan fingerprint density at radius 3 is 0.946 bits per heavy atom. The van der Waals surface area contributed by atoms with Gasteiger partial charge in [0.2, 0.25) is 0 Å². The molecule has 0 heterocycles. The second-order valence-corrected chi connectivity index (χ2v) is 27.7. The van der Waals surface area contributed by atoms with E-state index in [2.05, 4.69) is 148 Å². The number of rotatable bonds is 69. The Balaban J connectivity index is 4.01. The molecule has 0 bridgehead atoms. The number of esters is 2. The molecule has 0 fully saturated rings. The van der Waals surface area contributed by atoms with Crippen molar-refractivity contribution in [3.63, 3.8) is 0 Å². The van der Waals surface area contributed by atoms with E-state index in [9.17, 15) is 19.0 Å². The van der Waals surface area contributed by atoms with Crippen LogP contribution in [0.3, 0.4) is 0 Å². The number of unbranched alkanes of at least 4 members (excludes halogenated alkanes) is 33. The molecule has 0 rings (SSSR count). The topological polar surface area (TPSA) is 111 Å². The first-order chi connectivity index (χ1) is 45.0. The van der Waals surface area contributed by atoms with Crippen molar-refractivity contribution >= 4 is 19.8 Å². The van der Waals surface area contributed by atoms with Gasteiger partial charge in [0.25, 0.3) is 7.82 Å². The number of phosphoric ester groups is 1. The number of allylic oxidation sites excluding steroid dienone is 22. The van der Waals surface area contributed by atoms with Crippen molar-refractivity contribution in [1.82, 2.24) is 0 Å². The third kappa shape index (κ3) is 75.2. The van der Waals surface area contributed by atoms with Crippen LogP contribution in [0.4, 0.5) is 0 Å². The van der Waals surface area contributed by atoms with E-state index in [0.29, 0.717) is 17.4 Å². The molecule has 528 valence electrons. The smallest absolute Gasteiger partial charge is 0.306 e. The number of carbonyl (C=O) groups is 2. The minimum atomic E-state index is -4.66. The number of ether oxygens (including phenoxy) is 2. The summed E-state index contributed by atoms with van der Waals surface area (Å²) in [6, 6.07) is 0. The normalized spacial score (nSPS) is 13.8. The van der Waals surface area contributed by atoms with Gasteiger partial charge in [-0.25, -0.2) is 0 Å². The highest BCUT2D eigenvalue weighted by Gasteiger charge is 2.22. The number of phosphoric acid groups is 1.